The highest BCUT2D eigenvalue weighted by atomic mass is 19.4. The molecular weight excluding hydrogens is 481 g/mol. The van der Waals surface area contributed by atoms with Crippen molar-refractivity contribution in [2.24, 2.45) is 5.92 Å². The number of aromatic nitrogens is 1. The largest absolute Gasteiger partial charge is 0.481 e. The van der Waals surface area contributed by atoms with E-state index in [2.05, 4.69) is 17.4 Å². The topological polar surface area (TPSA) is 71.3 Å². The van der Waals surface area contributed by atoms with Crippen LogP contribution in [0, 0.1) is 5.92 Å². The van der Waals surface area contributed by atoms with Crippen molar-refractivity contribution in [3.63, 3.8) is 0 Å². The van der Waals surface area contributed by atoms with Gasteiger partial charge in [0, 0.05) is 12.2 Å². The lowest BCUT2D eigenvalue weighted by Crippen LogP contribution is -2.21. The fraction of sp³-hybridized carbons (Fsp3) is 0.379. The van der Waals surface area contributed by atoms with Gasteiger partial charge in [-0.25, -0.2) is 0 Å². The van der Waals surface area contributed by atoms with Crippen molar-refractivity contribution in [1.29, 1.82) is 0 Å². The number of alkyl halides is 3. The molecule has 4 rings (SSSR count). The number of hydrogen-bond donors (Lipinski definition) is 2. The summed E-state index contributed by atoms with van der Waals surface area (Å²) in [5.41, 5.74) is 1.70. The van der Waals surface area contributed by atoms with Crippen LogP contribution in [0.4, 0.5) is 18.9 Å². The van der Waals surface area contributed by atoms with Gasteiger partial charge in [-0.2, -0.15) is 13.2 Å². The van der Waals surface area contributed by atoms with Crippen LogP contribution in [-0.4, -0.2) is 21.6 Å². The monoisotopic (exact) mass is 512 g/mol. The first-order valence-electron chi connectivity index (χ1n) is 12.7. The number of halogens is 3. The molecule has 1 amide bonds. The highest BCUT2D eigenvalue weighted by molar-refractivity contribution is 6.04. The van der Waals surface area contributed by atoms with Crippen LogP contribution in [0.5, 0.6) is 0 Å². The van der Waals surface area contributed by atoms with Crippen LogP contribution in [0.3, 0.4) is 0 Å². The van der Waals surface area contributed by atoms with Crippen LogP contribution >= 0.6 is 0 Å². The molecule has 0 bridgehead atoms. The lowest BCUT2D eigenvalue weighted by atomic mass is 10.0. The number of carboxylic acid groups (broad SMARTS) is 1. The van der Waals surface area contributed by atoms with E-state index in [-0.39, 0.29) is 11.6 Å². The van der Waals surface area contributed by atoms with E-state index >= 15 is 0 Å². The molecule has 0 aliphatic heterocycles. The molecule has 3 aromatic rings. The number of carbonyl (C=O) groups excluding carboxylic acids is 1. The first-order valence-corrected chi connectivity index (χ1v) is 12.7. The molecule has 0 saturated heterocycles. The van der Waals surface area contributed by atoms with Crippen molar-refractivity contribution in [2.75, 3.05) is 5.32 Å². The average Bonchev–Trinajstić information content (AvgIpc) is 3.57. The zero-order valence-electron chi connectivity index (χ0n) is 20.7. The van der Waals surface area contributed by atoms with E-state index in [0.29, 0.717) is 24.2 Å². The van der Waals surface area contributed by atoms with Crippen LogP contribution < -0.4 is 5.32 Å². The molecule has 8 heteroatoms. The number of carbonyl (C=O) groups is 2. The molecule has 2 N–H and O–H groups in total. The standard InChI is InChI=1S/C29H31F3N2O3/c1-2-3-16-34-21(11-7-10-19-8-5-4-6-9-19)13-15-26(34)27(35)33-25-17-20(22-18-23(22)28(36)37)12-14-24(25)29(30,31)32/h4-6,8-9,12-15,17,22-23H,2-3,7,10-11,16,18H2,1H3,(H,33,35)(H,36,37)/t22-,23-/m0/s1. The number of carboxylic acids is 1. The summed E-state index contributed by atoms with van der Waals surface area (Å²) in [7, 11) is 0. The molecule has 0 radical (unpaired) electrons. The Kier molecular flexibility index (Phi) is 8.05. The molecule has 1 aromatic heterocycles. The maximum atomic E-state index is 13.7. The normalized spacial score (nSPS) is 17.0. The summed E-state index contributed by atoms with van der Waals surface area (Å²) < 4.78 is 43.1. The molecule has 1 aliphatic rings. The maximum Gasteiger partial charge on any atom is 0.418 e. The van der Waals surface area contributed by atoms with E-state index in [9.17, 15) is 27.9 Å². The molecule has 0 spiro atoms. The quantitative estimate of drug-likeness (QED) is 0.293. The van der Waals surface area contributed by atoms with Crippen LogP contribution in [-0.2, 0) is 30.4 Å². The third-order valence-corrected chi connectivity index (χ3v) is 6.91. The number of hydrogen-bond acceptors (Lipinski definition) is 2. The number of unbranched alkanes of at least 4 members (excludes halogenated alkanes) is 1. The van der Waals surface area contributed by atoms with Gasteiger partial charge in [0.25, 0.3) is 5.91 Å². The van der Waals surface area contributed by atoms with Gasteiger partial charge in [-0.15, -0.1) is 0 Å². The van der Waals surface area contributed by atoms with Crippen LogP contribution in [0.2, 0.25) is 0 Å². The zero-order valence-corrected chi connectivity index (χ0v) is 20.7. The van der Waals surface area contributed by atoms with Gasteiger partial charge in [0.05, 0.1) is 17.2 Å². The third-order valence-electron chi connectivity index (χ3n) is 6.91. The van der Waals surface area contributed by atoms with Gasteiger partial charge in [-0.1, -0.05) is 49.7 Å². The predicted molar refractivity (Wildman–Crippen MR) is 136 cm³/mol. The summed E-state index contributed by atoms with van der Waals surface area (Å²) >= 11 is 0. The molecule has 5 nitrogen and oxygen atoms in total. The SMILES string of the molecule is CCCCn1c(CCCc2ccccc2)ccc1C(=O)Nc1cc([C@@H]2C[C@@H]2C(=O)O)ccc1C(F)(F)F. The van der Waals surface area contributed by atoms with E-state index in [1.165, 1.54) is 17.7 Å². The van der Waals surface area contributed by atoms with Crippen molar-refractivity contribution < 1.29 is 27.9 Å². The Hall–Kier alpha value is -3.55. The van der Waals surface area contributed by atoms with E-state index in [4.69, 9.17) is 0 Å². The molecule has 37 heavy (non-hydrogen) atoms. The van der Waals surface area contributed by atoms with Crippen molar-refractivity contribution in [3.05, 3.63) is 88.7 Å². The molecule has 0 unspecified atom stereocenters. The minimum absolute atomic E-state index is 0.316. The smallest absolute Gasteiger partial charge is 0.418 e. The average molecular weight is 513 g/mol. The molecular formula is C29H31F3N2O3. The predicted octanol–water partition coefficient (Wildman–Crippen LogP) is 6.92. The first kappa shape index (κ1) is 26.5. The Morgan fingerprint density at radius 3 is 2.43 bits per heavy atom. The number of benzene rings is 2. The third kappa shape index (κ3) is 6.42. The van der Waals surface area contributed by atoms with Crippen LogP contribution in [0.15, 0.2) is 60.7 Å². The second kappa shape index (κ2) is 11.2. The molecule has 196 valence electrons. The molecule has 1 heterocycles. The van der Waals surface area contributed by atoms with Gasteiger partial charge < -0.3 is 15.0 Å². The summed E-state index contributed by atoms with van der Waals surface area (Å²) in [6, 6.07) is 17.2. The highest BCUT2D eigenvalue weighted by Crippen LogP contribution is 2.49. The molecule has 1 saturated carbocycles. The number of rotatable bonds is 11. The number of anilines is 1. The highest BCUT2D eigenvalue weighted by Gasteiger charge is 2.45. The Balaban J connectivity index is 1.55. The van der Waals surface area contributed by atoms with Crippen molar-refractivity contribution in [1.82, 2.24) is 4.57 Å². The molecule has 2 aromatic carbocycles. The van der Waals surface area contributed by atoms with Crippen molar-refractivity contribution >= 4 is 17.6 Å². The van der Waals surface area contributed by atoms with Gasteiger partial charge >= 0.3 is 12.1 Å². The minimum atomic E-state index is -4.66. The fourth-order valence-electron chi connectivity index (χ4n) is 4.79. The maximum absolute atomic E-state index is 13.7. The van der Waals surface area contributed by atoms with E-state index < -0.39 is 29.5 Å². The lowest BCUT2D eigenvalue weighted by molar-refractivity contribution is -0.139. The van der Waals surface area contributed by atoms with Gasteiger partial charge in [0.2, 0.25) is 0 Å². The van der Waals surface area contributed by atoms with Gasteiger partial charge in [-0.05, 0) is 73.4 Å². The Morgan fingerprint density at radius 2 is 1.78 bits per heavy atom. The Labute approximate surface area is 214 Å². The molecule has 2 atom stereocenters. The number of amides is 1. The van der Waals surface area contributed by atoms with Gasteiger partial charge in [0.15, 0.2) is 0 Å². The molecule has 1 aliphatic carbocycles. The summed E-state index contributed by atoms with van der Waals surface area (Å²) in [6.07, 6.45) is -0.0239. The summed E-state index contributed by atoms with van der Waals surface area (Å²) in [4.78, 5) is 24.5. The second-order valence-electron chi connectivity index (χ2n) is 9.60. The van der Waals surface area contributed by atoms with Crippen molar-refractivity contribution in [2.45, 2.75) is 64.1 Å². The van der Waals surface area contributed by atoms with E-state index in [1.54, 1.807) is 6.07 Å². The number of nitrogens with one attached hydrogen (secondary N) is 1. The van der Waals surface area contributed by atoms with E-state index in [0.717, 1.165) is 43.9 Å². The van der Waals surface area contributed by atoms with Crippen LogP contribution in [0.1, 0.15) is 71.4 Å². The lowest BCUT2D eigenvalue weighted by Gasteiger charge is -2.17. The van der Waals surface area contributed by atoms with E-state index in [1.807, 2.05) is 35.8 Å². The number of aryl methyl sites for hydroxylation is 2. The van der Waals surface area contributed by atoms with Gasteiger partial charge in [-0.3, -0.25) is 9.59 Å². The Morgan fingerprint density at radius 1 is 1.03 bits per heavy atom. The fourth-order valence-corrected chi connectivity index (χ4v) is 4.79. The number of nitrogens with zero attached hydrogens (tertiary/aromatic N) is 1. The van der Waals surface area contributed by atoms with Crippen molar-refractivity contribution in [3.8, 4) is 0 Å². The minimum Gasteiger partial charge on any atom is -0.481 e. The van der Waals surface area contributed by atoms with Gasteiger partial charge in [0.1, 0.15) is 5.69 Å². The second-order valence-corrected chi connectivity index (χ2v) is 9.60. The molecule has 1 fully saturated rings. The Bertz CT molecular complexity index is 1250. The zero-order chi connectivity index (χ0) is 26.6. The summed E-state index contributed by atoms with van der Waals surface area (Å²) in [6.45, 7) is 2.64. The van der Waals surface area contributed by atoms with Crippen LogP contribution in [0.25, 0.3) is 0 Å². The number of aliphatic carboxylic acids is 1. The first-order chi connectivity index (χ1) is 17.7. The summed E-state index contributed by atoms with van der Waals surface area (Å²) in [5, 5.41) is 11.7. The summed E-state index contributed by atoms with van der Waals surface area (Å²) in [5.74, 6) is -2.53.